The summed E-state index contributed by atoms with van der Waals surface area (Å²) >= 11 is 0. The molecule has 4 aliphatic carbocycles. The second kappa shape index (κ2) is 7.30. The monoisotopic (exact) mass is 430 g/mol. The quantitative estimate of drug-likeness (QED) is 0.344. The Morgan fingerprint density at radius 3 is 1.86 bits per heavy atom. The van der Waals surface area contributed by atoms with Gasteiger partial charge in [0, 0.05) is 0 Å². The fourth-order valence-corrected chi connectivity index (χ4v) is 7.49. The lowest BCUT2D eigenvalue weighted by atomic mass is 9.61. The second-order valence-electron chi connectivity index (χ2n) is 9.64. The Hall–Kier alpha value is -0.470. The molecule has 10 unspecified atom stereocenters. The van der Waals surface area contributed by atoms with E-state index >= 15 is 0 Å². The van der Waals surface area contributed by atoms with Crippen LogP contribution < -0.4 is 0 Å². The summed E-state index contributed by atoms with van der Waals surface area (Å²) in [4.78, 5) is 0. The van der Waals surface area contributed by atoms with Gasteiger partial charge in [0.1, 0.15) is 6.10 Å². The number of alkyl halides is 5. The molecule has 0 aromatic carbocycles. The fourth-order valence-electron chi connectivity index (χ4n) is 7.49. The van der Waals surface area contributed by atoms with E-state index in [1.54, 1.807) is 0 Å². The van der Waals surface area contributed by atoms with Crippen molar-refractivity contribution in [1.29, 1.82) is 0 Å². The molecule has 3 N–H and O–H groups in total. The van der Waals surface area contributed by atoms with Crippen LogP contribution in [0.4, 0.5) is 22.0 Å². The molecule has 0 heterocycles. The van der Waals surface area contributed by atoms with Gasteiger partial charge in [-0.1, -0.05) is 28.7 Å². The first kappa shape index (κ1) is 24.8. The molecular formula is C21H35F5O3. The maximum absolute atomic E-state index is 14.0. The van der Waals surface area contributed by atoms with Crippen LogP contribution in [0.25, 0.3) is 0 Å². The number of halogens is 5. The van der Waals surface area contributed by atoms with E-state index in [0.29, 0.717) is 47.8 Å². The molecule has 4 rings (SSSR count). The minimum absolute atomic E-state index is 0. The maximum Gasteiger partial charge on any atom is 0.449 e. The van der Waals surface area contributed by atoms with E-state index in [1.807, 2.05) is 0 Å². The third-order valence-electron chi connectivity index (χ3n) is 8.79. The minimum atomic E-state index is -5.95. The van der Waals surface area contributed by atoms with Crippen LogP contribution in [0.3, 0.4) is 0 Å². The zero-order valence-corrected chi connectivity index (χ0v) is 15.3. The van der Waals surface area contributed by atoms with Gasteiger partial charge in [-0.15, -0.1) is 0 Å². The van der Waals surface area contributed by atoms with Crippen LogP contribution >= 0.6 is 0 Å². The van der Waals surface area contributed by atoms with Crippen LogP contribution in [0, 0.1) is 53.3 Å². The van der Waals surface area contributed by atoms with Gasteiger partial charge >= 0.3 is 17.9 Å². The minimum Gasteiger partial charge on any atom is -0.387 e. The zero-order chi connectivity index (χ0) is 20.1. The average molecular weight is 430 g/mol. The lowest BCUT2D eigenvalue weighted by molar-refractivity contribution is -0.429. The predicted octanol–water partition coefficient (Wildman–Crippen LogP) is 4.70. The molecule has 29 heavy (non-hydrogen) atoms. The number of rotatable bonds is 4. The highest BCUT2D eigenvalue weighted by Gasteiger charge is 2.72. The SMILES string of the molecule is C.C.CC1C(C)C2CC1C1C3CC(CC(O)C(F)(F)C(O)(O)C(F)(F)F)C(C3)C21. The highest BCUT2D eigenvalue weighted by atomic mass is 19.4. The topological polar surface area (TPSA) is 60.7 Å². The summed E-state index contributed by atoms with van der Waals surface area (Å²) in [6, 6.07) is 0. The fraction of sp³-hybridized carbons (Fsp3) is 1.00. The Morgan fingerprint density at radius 1 is 0.828 bits per heavy atom. The smallest absolute Gasteiger partial charge is 0.387 e. The van der Waals surface area contributed by atoms with E-state index in [9.17, 15) is 27.1 Å². The van der Waals surface area contributed by atoms with Gasteiger partial charge < -0.3 is 15.3 Å². The lowest BCUT2D eigenvalue weighted by Gasteiger charge is -2.44. The lowest BCUT2D eigenvalue weighted by Crippen LogP contribution is -2.63. The highest BCUT2D eigenvalue weighted by molar-refractivity contribution is 5.14. The largest absolute Gasteiger partial charge is 0.449 e. The van der Waals surface area contributed by atoms with Gasteiger partial charge in [0.2, 0.25) is 0 Å². The van der Waals surface area contributed by atoms with Crippen molar-refractivity contribution < 1.29 is 37.3 Å². The van der Waals surface area contributed by atoms with Gasteiger partial charge in [0.15, 0.2) is 0 Å². The van der Waals surface area contributed by atoms with Crippen LogP contribution in [-0.2, 0) is 0 Å². The zero-order valence-electron chi connectivity index (χ0n) is 15.3. The second-order valence-corrected chi connectivity index (χ2v) is 9.64. The summed E-state index contributed by atoms with van der Waals surface area (Å²) in [5, 5.41) is 27.8. The van der Waals surface area contributed by atoms with Crippen LogP contribution in [0.15, 0.2) is 0 Å². The van der Waals surface area contributed by atoms with Gasteiger partial charge in [-0.05, 0) is 78.9 Å². The Labute approximate surface area is 169 Å². The number of fused-ring (bicyclic) bond motifs is 9. The first-order valence-corrected chi connectivity index (χ1v) is 9.86. The van der Waals surface area contributed by atoms with Crippen molar-refractivity contribution >= 4 is 0 Å². The van der Waals surface area contributed by atoms with E-state index in [4.69, 9.17) is 10.2 Å². The summed E-state index contributed by atoms with van der Waals surface area (Å²) in [7, 11) is 0. The van der Waals surface area contributed by atoms with E-state index in [0.717, 1.165) is 12.8 Å². The van der Waals surface area contributed by atoms with Crippen LogP contribution in [0.2, 0.25) is 0 Å². The Kier molecular flexibility index (Phi) is 6.24. The van der Waals surface area contributed by atoms with Gasteiger partial charge in [-0.25, -0.2) is 0 Å². The van der Waals surface area contributed by atoms with Crippen molar-refractivity contribution in [3.63, 3.8) is 0 Å². The summed E-state index contributed by atoms with van der Waals surface area (Å²) < 4.78 is 66.0. The van der Waals surface area contributed by atoms with E-state index in [1.165, 1.54) is 0 Å². The molecule has 8 heteroatoms. The van der Waals surface area contributed by atoms with Crippen molar-refractivity contribution in [2.24, 2.45) is 53.3 Å². The average Bonchev–Trinajstić information content (AvgIpc) is 3.26. The molecule has 0 aliphatic heterocycles. The first-order chi connectivity index (χ1) is 12.3. The van der Waals surface area contributed by atoms with Crippen LogP contribution in [-0.4, -0.2) is 39.3 Å². The molecule has 0 spiro atoms. The van der Waals surface area contributed by atoms with Gasteiger partial charge in [-0.3, -0.25) is 0 Å². The Bertz CT molecular complexity index is 608. The molecule has 4 fully saturated rings. The molecule has 0 radical (unpaired) electrons. The molecule has 3 nitrogen and oxygen atoms in total. The molecule has 4 aliphatic rings. The molecule has 0 amide bonds. The van der Waals surface area contributed by atoms with Crippen molar-refractivity contribution in [2.45, 2.75) is 78.4 Å². The van der Waals surface area contributed by atoms with Crippen molar-refractivity contribution in [3.05, 3.63) is 0 Å². The van der Waals surface area contributed by atoms with Crippen LogP contribution in [0.1, 0.15) is 54.4 Å². The predicted molar refractivity (Wildman–Crippen MR) is 98.9 cm³/mol. The molecule has 0 saturated heterocycles. The van der Waals surface area contributed by atoms with Crippen LogP contribution in [0.5, 0.6) is 0 Å². The van der Waals surface area contributed by atoms with Gasteiger partial charge in [0.05, 0.1) is 0 Å². The third kappa shape index (κ3) is 3.15. The van der Waals surface area contributed by atoms with Gasteiger partial charge in [-0.2, -0.15) is 22.0 Å². The number of aliphatic hydroxyl groups is 3. The van der Waals surface area contributed by atoms with Crippen molar-refractivity contribution in [3.8, 4) is 0 Å². The normalized spacial score (nSPS) is 44.3. The van der Waals surface area contributed by atoms with Crippen molar-refractivity contribution in [1.82, 2.24) is 0 Å². The summed E-state index contributed by atoms with van der Waals surface area (Å²) in [6.45, 7) is 4.50. The Balaban J connectivity index is 0.00000150. The summed E-state index contributed by atoms with van der Waals surface area (Å²) in [5.41, 5.74) is 0. The number of hydrogen-bond donors (Lipinski definition) is 3. The summed E-state index contributed by atoms with van der Waals surface area (Å²) in [6.07, 6.45) is -6.54. The first-order valence-electron chi connectivity index (χ1n) is 9.86. The molecule has 10 atom stereocenters. The Morgan fingerprint density at radius 2 is 1.34 bits per heavy atom. The standard InChI is InChI=1S/C19H27F5O3.2CH4/c1-7-8(2)12-6-11(7)15-10-3-9(13(4-10)16(12)15)5-14(25)17(20,21)18(26,27)19(22,23)24;;/h7-16,25-27H,3-6H2,1-2H3;2*1H4. The molecule has 4 bridgehead atoms. The number of hydrogen-bond acceptors (Lipinski definition) is 3. The molecule has 0 aromatic heterocycles. The van der Waals surface area contributed by atoms with Gasteiger partial charge in [0.25, 0.3) is 0 Å². The van der Waals surface area contributed by atoms with E-state index < -0.39 is 30.4 Å². The van der Waals surface area contributed by atoms with E-state index in [-0.39, 0.29) is 26.7 Å². The van der Waals surface area contributed by atoms with Crippen molar-refractivity contribution in [2.75, 3.05) is 0 Å². The molecular weight excluding hydrogens is 395 g/mol. The summed E-state index contributed by atoms with van der Waals surface area (Å²) in [5.74, 6) is -6.65. The molecule has 172 valence electrons. The number of aliphatic hydroxyl groups excluding tert-OH is 1. The maximum atomic E-state index is 14.0. The molecule has 0 aromatic rings. The molecule has 4 saturated carbocycles. The third-order valence-corrected chi connectivity index (χ3v) is 8.79. The van der Waals surface area contributed by atoms with E-state index in [2.05, 4.69) is 13.8 Å². The highest BCUT2D eigenvalue weighted by Crippen LogP contribution is 2.71.